The van der Waals surface area contributed by atoms with E-state index in [2.05, 4.69) is 9.68 Å². The molecule has 3 atom stereocenters. The Morgan fingerprint density at radius 2 is 1.86 bits per heavy atom. The number of aliphatic hydroxyl groups excluding tert-OH is 2. The first-order chi connectivity index (χ1) is 6.52. The van der Waals surface area contributed by atoms with Crippen molar-refractivity contribution in [3.8, 4) is 0 Å². The van der Waals surface area contributed by atoms with Gasteiger partial charge in [-0.1, -0.05) is 0 Å². The van der Waals surface area contributed by atoms with Crippen molar-refractivity contribution in [1.29, 1.82) is 0 Å². The van der Waals surface area contributed by atoms with Crippen LogP contribution in [0.5, 0.6) is 0 Å². The largest absolute Gasteiger partial charge is 0.391 e. The summed E-state index contributed by atoms with van der Waals surface area (Å²) in [6, 6.07) is 0. The monoisotopic (exact) mass is 214 g/mol. The molecule has 3 N–H and O–H groups in total. The summed E-state index contributed by atoms with van der Waals surface area (Å²) in [6.45, 7) is 0.824. The first-order valence-electron chi connectivity index (χ1n) is 3.99. The number of hydrogen-bond donors (Lipinski definition) is 3. The van der Waals surface area contributed by atoms with Crippen LogP contribution in [0.2, 0.25) is 0 Å². The standard InChI is InChI=1S/C7H15FO6/c1-4(9)5(3-13-8)14-7(12-2)6(10)11/h4-7,9-11H,3H2,1-2H3. The summed E-state index contributed by atoms with van der Waals surface area (Å²) in [5.41, 5.74) is 0. The Morgan fingerprint density at radius 3 is 2.14 bits per heavy atom. The van der Waals surface area contributed by atoms with Gasteiger partial charge in [0, 0.05) is 7.11 Å². The lowest BCUT2D eigenvalue weighted by molar-refractivity contribution is -0.285. The Balaban J connectivity index is 4.11. The Hall–Kier alpha value is -0.310. The van der Waals surface area contributed by atoms with Crippen LogP contribution in [0.1, 0.15) is 6.92 Å². The molecule has 86 valence electrons. The lowest BCUT2D eigenvalue weighted by atomic mass is 10.2. The summed E-state index contributed by atoms with van der Waals surface area (Å²) in [4.78, 5) is 3.29. The highest BCUT2D eigenvalue weighted by molar-refractivity contribution is 4.64. The van der Waals surface area contributed by atoms with E-state index < -0.39 is 31.4 Å². The van der Waals surface area contributed by atoms with E-state index in [0.29, 0.717) is 0 Å². The first kappa shape index (κ1) is 13.7. The summed E-state index contributed by atoms with van der Waals surface area (Å²) in [7, 11) is 1.18. The lowest BCUT2D eigenvalue weighted by Crippen LogP contribution is -2.40. The quantitative estimate of drug-likeness (QED) is 0.468. The average molecular weight is 214 g/mol. The Labute approximate surface area is 80.7 Å². The second-order valence-electron chi connectivity index (χ2n) is 2.71. The van der Waals surface area contributed by atoms with E-state index in [4.69, 9.17) is 20.1 Å². The zero-order valence-electron chi connectivity index (χ0n) is 7.96. The van der Waals surface area contributed by atoms with Crippen LogP contribution in [0.25, 0.3) is 0 Å². The maximum absolute atomic E-state index is 11.5. The number of methoxy groups -OCH3 is 1. The molecule has 0 rings (SSSR count). The molecule has 0 bridgehead atoms. The zero-order chi connectivity index (χ0) is 11.1. The van der Waals surface area contributed by atoms with Crippen molar-refractivity contribution in [3.05, 3.63) is 0 Å². The van der Waals surface area contributed by atoms with Crippen molar-refractivity contribution >= 4 is 0 Å². The highest BCUT2D eigenvalue weighted by Crippen LogP contribution is 2.07. The number of ether oxygens (including phenoxy) is 2. The minimum absolute atomic E-state index is 0.524. The van der Waals surface area contributed by atoms with Crippen molar-refractivity contribution in [2.45, 2.75) is 31.7 Å². The van der Waals surface area contributed by atoms with Gasteiger partial charge in [-0.05, 0) is 11.4 Å². The van der Waals surface area contributed by atoms with E-state index in [-0.39, 0.29) is 0 Å². The van der Waals surface area contributed by atoms with Crippen LogP contribution in [-0.4, -0.2) is 53.8 Å². The van der Waals surface area contributed by atoms with Crippen molar-refractivity contribution < 1.29 is 34.3 Å². The molecular weight excluding hydrogens is 199 g/mol. The SMILES string of the molecule is COC(OC(COF)C(C)O)C(O)O. The molecule has 0 aliphatic heterocycles. The summed E-state index contributed by atoms with van der Waals surface area (Å²) < 4.78 is 20.9. The van der Waals surface area contributed by atoms with Crippen LogP contribution in [0.4, 0.5) is 4.53 Å². The van der Waals surface area contributed by atoms with Gasteiger partial charge in [0.1, 0.15) is 12.7 Å². The van der Waals surface area contributed by atoms with Gasteiger partial charge in [-0.3, -0.25) is 0 Å². The fraction of sp³-hybridized carbons (Fsp3) is 1.00. The molecule has 0 spiro atoms. The highest BCUT2D eigenvalue weighted by atomic mass is 19.3. The van der Waals surface area contributed by atoms with Gasteiger partial charge in [-0.25, -0.2) is 0 Å². The van der Waals surface area contributed by atoms with E-state index in [9.17, 15) is 4.53 Å². The maximum Gasteiger partial charge on any atom is 0.209 e. The molecule has 0 saturated carbocycles. The third kappa shape index (κ3) is 4.80. The van der Waals surface area contributed by atoms with Gasteiger partial charge in [0.25, 0.3) is 0 Å². The number of hydrogen-bond acceptors (Lipinski definition) is 6. The Bertz CT molecular complexity index is 142. The van der Waals surface area contributed by atoms with Gasteiger partial charge in [-0.15, -0.1) is 0 Å². The van der Waals surface area contributed by atoms with Gasteiger partial charge in [0.2, 0.25) is 12.6 Å². The van der Waals surface area contributed by atoms with Crippen molar-refractivity contribution in [2.75, 3.05) is 13.7 Å². The number of rotatable bonds is 7. The molecule has 0 heterocycles. The van der Waals surface area contributed by atoms with Gasteiger partial charge in [-0.2, -0.15) is 4.94 Å². The van der Waals surface area contributed by atoms with E-state index in [1.165, 1.54) is 14.0 Å². The summed E-state index contributed by atoms with van der Waals surface area (Å²) in [5, 5.41) is 26.5. The molecule has 0 aromatic carbocycles. The molecule has 0 radical (unpaired) electrons. The first-order valence-corrected chi connectivity index (χ1v) is 3.99. The van der Waals surface area contributed by atoms with Crippen LogP contribution in [0, 0.1) is 0 Å². The zero-order valence-corrected chi connectivity index (χ0v) is 7.96. The lowest BCUT2D eigenvalue weighted by Gasteiger charge is -2.25. The molecule has 14 heavy (non-hydrogen) atoms. The summed E-state index contributed by atoms with van der Waals surface area (Å²) in [5.74, 6) is 0. The normalized spacial score (nSPS) is 18.2. The molecule has 0 aliphatic carbocycles. The molecule has 0 fully saturated rings. The van der Waals surface area contributed by atoms with Crippen molar-refractivity contribution in [2.24, 2.45) is 0 Å². The van der Waals surface area contributed by atoms with Crippen LogP contribution in [0.3, 0.4) is 0 Å². The van der Waals surface area contributed by atoms with Crippen LogP contribution >= 0.6 is 0 Å². The topological polar surface area (TPSA) is 88.4 Å². The van der Waals surface area contributed by atoms with E-state index in [0.717, 1.165) is 0 Å². The minimum atomic E-state index is -1.87. The van der Waals surface area contributed by atoms with Gasteiger partial charge >= 0.3 is 0 Å². The fourth-order valence-corrected chi connectivity index (χ4v) is 0.774. The number of aliphatic hydroxyl groups is 3. The average Bonchev–Trinajstić information content (AvgIpc) is 2.11. The van der Waals surface area contributed by atoms with E-state index >= 15 is 0 Å². The third-order valence-electron chi connectivity index (χ3n) is 1.55. The Kier molecular flexibility index (Phi) is 6.89. The second kappa shape index (κ2) is 7.04. The molecule has 0 aromatic heterocycles. The fourth-order valence-electron chi connectivity index (χ4n) is 0.774. The molecule has 0 aromatic rings. The van der Waals surface area contributed by atoms with Crippen molar-refractivity contribution in [3.63, 3.8) is 0 Å². The van der Waals surface area contributed by atoms with Crippen molar-refractivity contribution in [1.82, 2.24) is 0 Å². The maximum atomic E-state index is 11.5. The predicted octanol–water partition coefficient (Wildman–Crippen LogP) is -1.06. The van der Waals surface area contributed by atoms with Gasteiger partial charge in [0.05, 0.1) is 6.10 Å². The smallest absolute Gasteiger partial charge is 0.209 e. The summed E-state index contributed by atoms with van der Waals surface area (Å²) >= 11 is 0. The molecule has 0 saturated heterocycles. The number of halogens is 1. The Morgan fingerprint density at radius 1 is 1.29 bits per heavy atom. The van der Waals surface area contributed by atoms with Crippen LogP contribution < -0.4 is 0 Å². The van der Waals surface area contributed by atoms with Gasteiger partial charge < -0.3 is 24.8 Å². The van der Waals surface area contributed by atoms with Crippen LogP contribution in [-0.2, 0) is 14.4 Å². The minimum Gasteiger partial charge on any atom is -0.391 e. The van der Waals surface area contributed by atoms with E-state index in [1.54, 1.807) is 0 Å². The predicted molar refractivity (Wildman–Crippen MR) is 42.6 cm³/mol. The van der Waals surface area contributed by atoms with Crippen LogP contribution in [0.15, 0.2) is 0 Å². The van der Waals surface area contributed by atoms with Gasteiger partial charge in [0.15, 0.2) is 0 Å². The van der Waals surface area contributed by atoms with E-state index in [1.807, 2.05) is 0 Å². The summed E-state index contributed by atoms with van der Waals surface area (Å²) in [6.07, 6.45) is -5.29. The highest BCUT2D eigenvalue weighted by Gasteiger charge is 2.25. The second-order valence-corrected chi connectivity index (χ2v) is 2.71. The molecule has 3 unspecified atom stereocenters. The molecule has 0 amide bonds. The third-order valence-corrected chi connectivity index (χ3v) is 1.55. The molecular formula is C7H15FO6. The molecule has 0 aliphatic rings. The molecule has 7 heteroatoms. The molecule has 6 nitrogen and oxygen atoms in total.